The lowest BCUT2D eigenvalue weighted by molar-refractivity contribution is -0.114. The van der Waals surface area contributed by atoms with Crippen molar-refractivity contribution in [2.24, 2.45) is 0 Å². The third-order valence-electron chi connectivity index (χ3n) is 4.84. The van der Waals surface area contributed by atoms with Crippen LogP contribution in [0.5, 0.6) is 0 Å². The molecule has 0 unspecified atom stereocenters. The number of benzene rings is 1. The summed E-state index contributed by atoms with van der Waals surface area (Å²) in [6.45, 7) is 1.89. The summed E-state index contributed by atoms with van der Waals surface area (Å²) >= 11 is 1.20. The van der Waals surface area contributed by atoms with Gasteiger partial charge in [-0.15, -0.1) is 11.3 Å². The largest absolute Gasteiger partial charge is 0.306 e. The van der Waals surface area contributed by atoms with E-state index in [2.05, 4.69) is 10.3 Å². The van der Waals surface area contributed by atoms with Crippen LogP contribution in [-0.2, 0) is 10.2 Å². The number of anilines is 2. The van der Waals surface area contributed by atoms with Gasteiger partial charge in [0, 0.05) is 29.8 Å². The quantitative estimate of drug-likeness (QED) is 0.908. The normalized spacial score (nSPS) is 17.5. The standard InChI is InChI=1S/C17H16FN3O2S/c1-10(22)19-16-20-12(8-24-16)15(23)21-9-17(6-3-7-17)14-11(18)4-2-5-13(14)21/h2,4-5,8H,3,6-7,9H2,1H3,(H,19,20,22). The maximum atomic E-state index is 14.4. The first-order valence-corrected chi connectivity index (χ1v) is 8.72. The number of amides is 2. The Morgan fingerprint density at radius 1 is 1.38 bits per heavy atom. The number of carbonyl (C=O) groups is 2. The third-order valence-corrected chi connectivity index (χ3v) is 5.59. The van der Waals surface area contributed by atoms with Crippen LogP contribution in [0, 0.1) is 5.82 Å². The lowest BCUT2D eigenvalue weighted by atomic mass is 9.65. The van der Waals surface area contributed by atoms with Gasteiger partial charge in [-0.1, -0.05) is 12.5 Å². The smallest absolute Gasteiger partial charge is 0.277 e. The highest BCUT2D eigenvalue weighted by Crippen LogP contribution is 2.53. The Morgan fingerprint density at radius 2 is 2.17 bits per heavy atom. The van der Waals surface area contributed by atoms with Gasteiger partial charge < -0.3 is 10.2 Å². The van der Waals surface area contributed by atoms with Crippen LogP contribution in [-0.4, -0.2) is 23.3 Å². The van der Waals surface area contributed by atoms with E-state index in [1.807, 2.05) is 0 Å². The fourth-order valence-electron chi connectivity index (χ4n) is 3.64. The number of thiazole rings is 1. The molecule has 1 aromatic heterocycles. The predicted octanol–water partition coefficient (Wildman–Crippen LogP) is 3.32. The molecule has 24 heavy (non-hydrogen) atoms. The monoisotopic (exact) mass is 345 g/mol. The van der Waals surface area contributed by atoms with E-state index in [1.54, 1.807) is 22.4 Å². The zero-order valence-electron chi connectivity index (χ0n) is 13.1. The van der Waals surface area contributed by atoms with Gasteiger partial charge in [0.1, 0.15) is 11.5 Å². The number of hydrogen-bond donors (Lipinski definition) is 1. The van der Waals surface area contributed by atoms with Gasteiger partial charge in [0.05, 0.1) is 5.69 Å². The van der Waals surface area contributed by atoms with Crippen molar-refractivity contribution in [3.63, 3.8) is 0 Å². The summed E-state index contributed by atoms with van der Waals surface area (Å²) in [5.41, 5.74) is 1.35. The van der Waals surface area contributed by atoms with E-state index in [-0.39, 0.29) is 28.7 Å². The average Bonchev–Trinajstić information content (AvgIpc) is 3.08. The van der Waals surface area contributed by atoms with Crippen LogP contribution in [0.1, 0.15) is 42.2 Å². The maximum absolute atomic E-state index is 14.4. The zero-order chi connectivity index (χ0) is 16.9. The molecule has 2 heterocycles. The topological polar surface area (TPSA) is 62.3 Å². The molecule has 0 bridgehead atoms. The van der Waals surface area contributed by atoms with Crippen LogP contribution in [0.3, 0.4) is 0 Å². The van der Waals surface area contributed by atoms with Crippen LogP contribution in [0.4, 0.5) is 15.2 Å². The van der Waals surface area contributed by atoms with Crippen molar-refractivity contribution in [1.29, 1.82) is 0 Å². The lowest BCUT2D eigenvalue weighted by Crippen LogP contribution is -2.41. The second-order valence-electron chi connectivity index (χ2n) is 6.38. The van der Waals surface area contributed by atoms with E-state index in [0.717, 1.165) is 19.3 Å². The van der Waals surface area contributed by atoms with Crippen LogP contribution in [0.25, 0.3) is 0 Å². The summed E-state index contributed by atoms with van der Waals surface area (Å²) in [7, 11) is 0. The number of hydrogen-bond acceptors (Lipinski definition) is 4. The molecule has 4 rings (SSSR count). The Balaban J connectivity index is 1.68. The van der Waals surface area contributed by atoms with Crippen LogP contribution >= 0.6 is 11.3 Å². The zero-order valence-corrected chi connectivity index (χ0v) is 14.0. The molecule has 124 valence electrons. The molecular formula is C17H16FN3O2S. The van der Waals surface area contributed by atoms with Gasteiger partial charge >= 0.3 is 0 Å². The van der Waals surface area contributed by atoms with Crippen molar-refractivity contribution < 1.29 is 14.0 Å². The molecule has 1 aliphatic heterocycles. The third kappa shape index (κ3) is 2.23. The summed E-state index contributed by atoms with van der Waals surface area (Å²) < 4.78 is 14.4. The fraction of sp³-hybridized carbons (Fsp3) is 0.353. The second-order valence-corrected chi connectivity index (χ2v) is 7.24. The maximum Gasteiger partial charge on any atom is 0.277 e. The van der Waals surface area contributed by atoms with Crippen LogP contribution < -0.4 is 10.2 Å². The number of rotatable bonds is 2. The van der Waals surface area contributed by atoms with E-state index in [1.165, 1.54) is 24.3 Å². The van der Waals surface area contributed by atoms with E-state index < -0.39 is 0 Å². The molecule has 2 aliphatic rings. The molecule has 0 radical (unpaired) electrons. The van der Waals surface area contributed by atoms with Gasteiger partial charge in [0.2, 0.25) is 5.91 Å². The van der Waals surface area contributed by atoms with E-state index in [4.69, 9.17) is 0 Å². The highest BCUT2D eigenvalue weighted by molar-refractivity contribution is 7.14. The fourth-order valence-corrected chi connectivity index (χ4v) is 4.37. The molecule has 5 nitrogen and oxygen atoms in total. The first kappa shape index (κ1) is 15.3. The molecule has 1 N–H and O–H groups in total. The number of nitrogens with one attached hydrogen (secondary N) is 1. The number of halogens is 1. The summed E-state index contributed by atoms with van der Waals surface area (Å²) in [6.07, 6.45) is 2.86. The Kier molecular flexibility index (Phi) is 3.42. The van der Waals surface area contributed by atoms with E-state index in [9.17, 15) is 14.0 Å². The molecule has 1 saturated carbocycles. The first-order valence-electron chi connectivity index (χ1n) is 7.84. The Hall–Kier alpha value is -2.28. The average molecular weight is 345 g/mol. The minimum Gasteiger partial charge on any atom is -0.306 e. The molecule has 1 fully saturated rings. The van der Waals surface area contributed by atoms with Crippen molar-refractivity contribution in [1.82, 2.24) is 4.98 Å². The number of carbonyl (C=O) groups excluding carboxylic acids is 2. The Labute approximate surface area is 142 Å². The van der Waals surface area contributed by atoms with Gasteiger partial charge in [-0.25, -0.2) is 9.37 Å². The molecule has 7 heteroatoms. The molecule has 1 aliphatic carbocycles. The molecule has 2 aromatic rings. The summed E-state index contributed by atoms with van der Waals surface area (Å²) in [6, 6.07) is 4.89. The van der Waals surface area contributed by atoms with Gasteiger partial charge in [-0.05, 0) is 25.0 Å². The Bertz CT molecular complexity index is 844. The van der Waals surface area contributed by atoms with Crippen molar-refractivity contribution >= 4 is 34.0 Å². The van der Waals surface area contributed by atoms with Gasteiger partial charge in [-0.3, -0.25) is 9.59 Å². The highest BCUT2D eigenvalue weighted by atomic mass is 32.1. The van der Waals surface area contributed by atoms with Gasteiger partial charge in [0.15, 0.2) is 5.13 Å². The number of nitrogens with zero attached hydrogens (tertiary/aromatic N) is 2. The summed E-state index contributed by atoms with van der Waals surface area (Å²) in [5.74, 6) is -0.719. The van der Waals surface area contributed by atoms with Crippen molar-refractivity contribution in [3.8, 4) is 0 Å². The molecule has 0 atom stereocenters. The number of aromatic nitrogens is 1. The molecule has 0 saturated heterocycles. The van der Waals surface area contributed by atoms with Crippen LogP contribution in [0.2, 0.25) is 0 Å². The Morgan fingerprint density at radius 3 is 2.83 bits per heavy atom. The summed E-state index contributed by atoms with van der Waals surface area (Å²) in [5, 5.41) is 4.59. The number of fused-ring (bicyclic) bond motifs is 2. The second kappa shape index (κ2) is 5.37. The molecular weight excluding hydrogens is 329 g/mol. The minimum absolute atomic E-state index is 0.231. The highest BCUT2D eigenvalue weighted by Gasteiger charge is 2.50. The van der Waals surface area contributed by atoms with Crippen molar-refractivity contribution in [3.05, 3.63) is 40.7 Å². The predicted molar refractivity (Wildman–Crippen MR) is 90.0 cm³/mol. The van der Waals surface area contributed by atoms with Gasteiger partial charge in [-0.2, -0.15) is 0 Å². The van der Waals surface area contributed by atoms with Crippen molar-refractivity contribution in [2.45, 2.75) is 31.6 Å². The molecule has 1 spiro atoms. The SMILES string of the molecule is CC(=O)Nc1nc(C(=O)N2CC3(CCC3)c3c(F)cccc32)cs1. The van der Waals surface area contributed by atoms with E-state index >= 15 is 0 Å². The molecule has 1 aromatic carbocycles. The summed E-state index contributed by atoms with van der Waals surface area (Å²) in [4.78, 5) is 29.8. The van der Waals surface area contributed by atoms with Crippen molar-refractivity contribution in [2.75, 3.05) is 16.8 Å². The van der Waals surface area contributed by atoms with Crippen LogP contribution in [0.15, 0.2) is 23.6 Å². The minimum atomic E-state index is -0.251. The van der Waals surface area contributed by atoms with E-state index in [0.29, 0.717) is 22.9 Å². The lowest BCUT2D eigenvalue weighted by Gasteiger charge is -2.38. The molecule has 2 amide bonds. The van der Waals surface area contributed by atoms with Gasteiger partial charge in [0.25, 0.3) is 5.91 Å². The first-order chi connectivity index (χ1) is 11.5.